The number of piperidine rings is 1. The molecule has 1 saturated heterocycles. The summed E-state index contributed by atoms with van der Waals surface area (Å²) in [5.41, 5.74) is 0.242. The second-order valence-electron chi connectivity index (χ2n) is 4.00. The first-order chi connectivity index (χ1) is 8.56. The molecule has 1 aromatic carbocycles. The van der Waals surface area contributed by atoms with Crippen LogP contribution in [-0.2, 0) is 9.59 Å². The highest BCUT2D eigenvalue weighted by Crippen LogP contribution is 2.25. The minimum absolute atomic E-state index is 0.0732. The molecule has 0 saturated carbocycles. The number of hydrogen-bond donors (Lipinski definition) is 2. The molecule has 0 unspecified atom stereocenters. The van der Waals surface area contributed by atoms with Crippen LogP contribution in [0.5, 0.6) is 0 Å². The van der Waals surface area contributed by atoms with E-state index in [0.717, 1.165) is 0 Å². The maximum Gasteiger partial charge on any atom is 0.292 e. The molecule has 1 aliphatic heterocycles. The van der Waals surface area contributed by atoms with E-state index in [9.17, 15) is 19.7 Å². The van der Waals surface area contributed by atoms with Crippen molar-refractivity contribution in [3.8, 4) is 0 Å². The molecule has 0 aromatic heterocycles. The van der Waals surface area contributed by atoms with Gasteiger partial charge in [0.1, 0.15) is 5.69 Å². The highest BCUT2D eigenvalue weighted by atomic mass is 16.6. The molecule has 0 bridgehead atoms. The van der Waals surface area contributed by atoms with Crippen LogP contribution in [0.15, 0.2) is 24.3 Å². The first kappa shape index (κ1) is 12.0. The molecule has 1 aromatic rings. The van der Waals surface area contributed by atoms with Crippen LogP contribution in [0.4, 0.5) is 11.4 Å². The Morgan fingerprint density at radius 3 is 2.44 bits per heavy atom. The average Bonchev–Trinajstić information content (AvgIpc) is 2.27. The number of benzene rings is 1. The number of rotatable bonds is 3. The summed E-state index contributed by atoms with van der Waals surface area (Å²) in [5, 5.41) is 15.9. The molecule has 1 aliphatic rings. The van der Waals surface area contributed by atoms with Gasteiger partial charge < -0.3 is 5.32 Å². The number of hydrogen-bond acceptors (Lipinski definition) is 5. The zero-order valence-electron chi connectivity index (χ0n) is 9.38. The van der Waals surface area contributed by atoms with Crippen LogP contribution in [0.1, 0.15) is 12.8 Å². The van der Waals surface area contributed by atoms with Crippen molar-refractivity contribution in [3.05, 3.63) is 34.4 Å². The van der Waals surface area contributed by atoms with Crippen LogP contribution < -0.4 is 10.6 Å². The number of para-hydroxylation sites is 2. The number of amides is 2. The van der Waals surface area contributed by atoms with Crippen LogP contribution in [0.2, 0.25) is 0 Å². The van der Waals surface area contributed by atoms with Crippen molar-refractivity contribution in [3.63, 3.8) is 0 Å². The Balaban J connectivity index is 2.16. The summed E-state index contributed by atoms with van der Waals surface area (Å²) in [6, 6.07) is 5.72. The van der Waals surface area contributed by atoms with Crippen LogP contribution in [-0.4, -0.2) is 22.8 Å². The Morgan fingerprint density at radius 2 is 1.83 bits per heavy atom. The fourth-order valence-corrected chi connectivity index (χ4v) is 1.85. The van der Waals surface area contributed by atoms with Gasteiger partial charge in [0, 0.05) is 24.9 Å². The number of carbonyl (C=O) groups is 2. The van der Waals surface area contributed by atoms with E-state index in [-0.39, 0.29) is 30.3 Å². The van der Waals surface area contributed by atoms with Crippen molar-refractivity contribution in [2.24, 2.45) is 0 Å². The standard InChI is InChI=1S/C11H11N3O4/c15-10-5-7(6-11(16)13-10)12-8-3-1-2-4-9(8)14(17)18/h1-4,7,12H,5-6H2,(H,13,15,16). The van der Waals surface area contributed by atoms with Gasteiger partial charge in [-0.2, -0.15) is 0 Å². The molecular formula is C11H11N3O4. The molecule has 0 atom stereocenters. The van der Waals surface area contributed by atoms with E-state index in [0.29, 0.717) is 5.69 Å². The molecule has 1 fully saturated rings. The lowest BCUT2D eigenvalue weighted by atomic mass is 10.0. The summed E-state index contributed by atoms with van der Waals surface area (Å²) in [7, 11) is 0. The fourth-order valence-electron chi connectivity index (χ4n) is 1.85. The average molecular weight is 249 g/mol. The van der Waals surface area contributed by atoms with Crippen molar-refractivity contribution in [2.45, 2.75) is 18.9 Å². The van der Waals surface area contributed by atoms with Crippen LogP contribution in [0.3, 0.4) is 0 Å². The fraction of sp³-hybridized carbons (Fsp3) is 0.273. The zero-order valence-corrected chi connectivity index (χ0v) is 9.38. The smallest absolute Gasteiger partial charge is 0.292 e. The maximum atomic E-state index is 11.2. The lowest BCUT2D eigenvalue weighted by Crippen LogP contribution is -2.43. The number of nitrogens with one attached hydrogen (secondary N) is 2. The molecule has 94 valence electrons. The van der Waals surface area contributed by atoms with E-state index in [4.69, 9.17) is 0 Å². The van der Waals surface area contributed by atoms with Gasteiger partial charge in [-0.15, -0.1) is 0 Å². The third-order valence-electron chi connectivity index (χ3n) is 2.60. The van der Waals surface area contributed by atoms with E-state index < -0.39 is 11.0 Å². The number of carbonyl (C=O) groups excluding carboxylic acids is 2. The summed E-state index contributed by atoms with van der Waals surface area (Å²) < 4.78 is 0. The monoisotopic (exact) mass is 249 g/mol. The lowest BCUT2D eigenvalue weighted by Gasteiger charge is -2.22. The molecule has 0 radical (unpaired) electrons. The number of anilines is 1. The van der Waals surface area contributed by atoms with Gasteiger partial charge in [0.05, 0.1) is 4.92 Å². The lowest BCUT2D eigenvalue weighted by molar-refractivity contribution is -0.384. The van der Waals surface area contributed by atoms with E-state index in [1.54, 1.807) is 18.2 Å². The van der Waals surface area contributed by atoms with Gasteiger partial charge in [0.15, 0.2) is 0 Å². The predicted octanol–water partition coefficient (Wildman–Crippen LogP) is 0.812. The zero-order chi connectivity index (χ0) is 13.1. The minimum atomic E-state index is -0.507. The Morgan fingerprint density at radius 1 is 1.22 bits per heavy atom. The number of nitro groups is 1. The van der Waals surface area contributed by atoms with Gasteiger partial charge in [0.2, 0.25) is 11.8 Å². The van der Waals surface area contributed by atoms with Gasteiger partial charge in [-0.3, -0.25) is 25.0 Å². The van der Waals surface area contributed by atoms with Crippen molar-refractivity contribution in [1.29, 1.82) is 0 Å². The molecule has 7 heteroatoms. The van der Waals surface area contributed by atoms with Gasteiger partial charge in [-0.05, 0) is 6.07 Å². The molecule has 0 spiro atoms. The molecular weight excluding hydrogens is 238 g/mol. The van der Waals surface area contributed by atoms with E-state index in [1.807, 2.05) is 0 Å². The van der Waals surface area contributed by atoms with Crippen molar-refractivity contribution in [2.75, 3.05) is 5.32 Å². The second kappa shape index (κ2) is 4.82. The molecule has 2 N–H and O–H groups in total. The summed E-state index contributed by atoms with van der Waals surface area (Å²) in [5.74, 6) is -0.746. The Hall–Kier alpha value is -2.44. The minimum Gasteiger partial charge on any atom is -0.376 e. The molecule has 7 nitrogen and oxygen atoms in total. The normalized spacial score (nSPS) is 16.2. The number of nitro benzene ring substituents is 1. The maximum absolute atomic E-state index is 11.2. The van der Waals surface area contributed by atoms with Crippen LogP contribution >= 0.6 is 0 Å². The van der Waals surface area contributed by atoms with Crippen molar-refractivity contribution < 1.29 is 14.5 Å². The molecule has 1 heterocycles. The summed E-state index contributed by atoms with van der Waals surface area (Å²) >= 11 is 0. The Kier molecular flexibility index (Phi) is 3.22. The number of imide groups is 1. The van der Waals surface area contributed by atoms with Gasteiger partial charge >= 0.3 is 0 Å². The largest absolute Gasteiger partial charge is 0.376 e. The molecule has 0 aliphatic carbocycles. The van der Waals surface area contributed by atoms with Crippen molar-refractivity contribution >= 4 is 23.2 Å². The van der Waals surface area contributed by atoms with E-state index in [1.165, 1.54) is 6.07 Å². The highest BCUT2D eigenvalue weighted by Gasteiger charge is 2.26. The predicted molar refractivity (Wildman–Crippen MR) is 62.9 cm³/mol. The van der Waals surface area contributed by atoms with Crippen LogP contribution in [0.25, 0.3) is 0 Å². The SMILES string of the molecule is O=C1CC(Nc2ccccc2[N+](=O)[O-])CC(=O)N1. The summed E-state index contributed by atoms with van der Waals surface area (Å²) in [6.07, 6.45) is 0.246. The topological polar surface area (TPSA) is 101 Å². The molecule has 2 rings (SSSR count). The Bertz CT molecular complexity index is 499. The number of nitrogens with zero attached hydrogens (tertiary/aromatic N) is 1. The van der Waals surface area contributed by atoms with Crippen molar-refractivity contribution in [1.82, 2.24) is 5.32 Å². The van der Waals surface area contributed by atoms with E-state index in [2.05, 4.69) is 10.6 Å². The van der Waals surface area contributed by atoms with Gasteiger partial charge in [-0.1, -0.05) is 12.1 Å². The van der Waals surface area contributed by atoms with Gasteiger partial charge in [0.25, 0.3) is 5.69 Å². The van der Waals surface area contributed by atoms with Crippen LogP contribution in [0, 0.1) is 10.1 Å². The second-order valence-corrected chi connectivity index (χ2v) is 4.00. The first-order valence-corrected chi connectivity index (χ1v) is 5.39. The quantitative estimate of drug-likeness (QED) is 0.469. The third-order valence-corrected chi connectivity index (χ3v) is 2.60. The highest BCUT2D eigenvalue weighted by molar-refractivity contribution is 5.98. The summed E-state index contributed by atoms with van der Waals surface area (Å²) in [6.45, 7) is 0. The molecule has 18 heavy (non-hydrogen) atoms. The molecule has 2 amide bonds. The first-order valence-electron chi connectivity index (χ1n) is 5.39. The Labute approximate surface area is 102 Å². The summed E-state index contributed by atoms with van der Waals surface area (Å²) in [4.78, 5) is 32.7. The van der Waals surface area contributed by atoms with Gasteiger partial charge in [-0.25, -0.2) is 0 Å². The van der Waals surface area contributed by atoms with E-state index >= 15 is 0 Å². The third kappa shape index (κ3) is 2.62.